The zero-order valence-electron chi connectivity index (χ0n) is 16.7. The Kier molecular flexibility index (Phi) is 6.82. The highest BCUT2D eigenvalue weighted by Crippen LogP contribution is 2.20. The van der Waals surface area contributed by atoms with Gasteiger partial charge >= 0.3 is 0 Å². The molecule has 1 aliphatic rings. The lowest BCUT2D eigenvalue weighted by Gasteiger charge is -2.27. The second kappa shape index (κ2) is 9.51. The molecule has 2 amide bonds. The minimum Gasteiger partial charge on any atom is -0.326 e. The van der Waals surface area contributed by atoms with Crippen LogP contribution in [0.15, 0.2) is 54.6 Å². The summed E-state index contributed by atoms with van der Waals surface area (Å²) in [5.74, 6) is 0.203. The normalized spacial score (nSPS) is 19.1. The lowest BCUT2D eigenvalue weighted by atomic mass is 9.92. The number of hydrogen-bond acceptors (Lipinski definition) is 3. The number of benzene rings is 2. The molecule has 3 rings (SSSR count). The van der Waals surface area contributed by atoms with Crippen molar-refractivity contribution < 1.29 is 9.59 Å². The molecule has 1 heterocycles. The highest BCUT2D eigenvalue weighted by atomic mass is 16.2. The van der Waals surface area contributed by atoms with Crippen LogP contribution in [-0.2, 0) is 16.0 Å². The number of nitrogens with one attached hydrogen (secondary N) is 2. The van der Waals surface area contributed by atoms with E-state index in [-0.39, 0.29) is 17.7 Å². The summed E-state index contributed by atoms with van der Waals surface area (Å²) in [5, 5.41) is 6.38. The lowest BCUT2D eigenvalue weighted by molar-refractivity contribution is -0.121. The Morgan fingerprint density at radius 1 is 1.11 bits per heavy atom. The van der Waals surface area contributed by atoms with Crippen molar-refractivity contribution in [1.29, 1.82) is 0 Å². The monoisotopic (exact) mass is 379 g/mol. The van der Waals surface area contributed by atoms with Crippen LogP contribution in [0.25, 0.3) is 0 Å². The van der Waals surface area contributed by atoms with E-state index in [4.69, 9.17) is 0 Å². The molecule has 2 atom stereocenters. The minimum absolute atomic E-state index is 0.0569. The van der Waals surface area contributed by atoms with Crippen molar-refractivity contribution in [2.24, 2.45) is 5.92 Å². The predicted octanol–water partition coefficient (Wildman–Crippen LogP) is 3.61. The molecule has 2 aromatic carbocycles. The Hall–Kier alpha value is -2.66. The molecule has 148 valence electrons. The molecule has 2 aromatic rings. The molecule has 0 radical (unpaired) electrons. The van der Waals surface area contributed by atoms with Gasteiger partial charge in [-0.3, -0.25) is 9.59 Å². The van der Waals surface area contributed by atoms with Gasteiger partial charge in [-0.1, -0.05) is 30.3 Å². The summed E-state index contributed by atoms with van der Waals surface area (Å²) < 4.78 is 0. The van der Waals surface area contributed by atoms with Crippen LogP contribution in [0.2, 0.25) is 0 Å². The van der Waals surface area contributed by atoms with Gasteiger partial charge in [0, 0.05) is 29.9 Å². The summed E-state index contributed by atoms with van der Waals surface area (Å²) in [6.07, 6.45) is 2.07. The second-order valence-corrected chi connectivity index (χ2v) is 7.41. The summed E-state index contributed by atoms with van der Waals surface area (Å²) in [6.45, 7) is 5.60. The Morgan fingerprint density at radius 2 is 1.82 bits per heavy atom. The van der Waals surface area contributed by atoms with Crippen molar-refractivity contribution in [1.82, 2.24) is 5.32 Å². The summed E-state index contributed by atoms with van der Waals surface area (Å²) >= 11 is 0. The van der Waals surface area contributed by atoms with Crippen molar-refractivity contribution in [2.75, 3.05) is 23.3 Å². The van der Waals surface area contributed by atoms with Gasteiger partial charge in [0.25, 0.3) is 0 Å². The maximum absolute atomic E-state index is 12.7. The number of amides is 2. The topological polar surface area (TPSA) is 61.4 Å². The largest absolute Gasteiger partial charge is 0.326 e. The molecule has 0 aliphatic carbocycles. The third kappa shape index (κ3) is 5.20. The summed E-state index contributed by atoms with van der Waals surface area (Å²) in [7, 11) is 0. The molecule has 0 unspecified atom stereocenters. The maximum Gasteiger partial charge on any atom is 0.231 e. The second-order valence-electron chi connectivity index (χ2n) is 7.41. The van der Waals surface area contributed by atoms with Gasteiger partial charge < -0.3 is 15.5 Å². The highest BCUT2D eigenvalue weighted by molar-refractivity contribution is 5.95. The van der Waals surface area contributed by atoms with Crippen molar-refractivity contribution in [3.63, 3.8) is 0 Å². The standard InChI is InChI=1S/C23H29N3O2/c1-3-26(21-7-5-4-6-8-21)22(27)16-18-9-11-20(12-10-18)25-23(28)19-13-14-24-17(2)15-19/h4-12,17,19,24H,3,13-16H2,1-2H3,(H,25,28)/t17-,19-/m0/s1. The summed E-state index contributed by atoms with van der Waals surface area (Å²) in [4.78, 5) is 26.9. The number of nitrogens with zero attached hydrogens (tertiary/aromatic N) is 1. The highest BCUT2D eigenvalue weighted by Gasteiger charge is 2.24. The van der Waals surface area contributed by atoms with E-state index in [1.165, 1.54) is 0 Å². The molecule has 0 aromatic heterocycles. The number of anilines is 2. The number of carbonyl (C=O) groups is 2. The van der Waals surface area contributed by atoms with Crippen LogP contribution in [-0.4, -0.2) is 30.9 Å². The first-order valence-electron chi connectivity index (χ1n) is 10.1. The van der Waals surface area contributed by atoms with Gasteiger partial charge in [0.1, 0.15) is 0 Å². The van der Waals surface area contributed by atoms with Crippen LogP contribution in [0.1, 0.15) is 32.3 Å². The number of carbonyl (C=O) groups excluding carboxylic acids is 2. The zero-order valence-corrected chi connectivity index (χ0v) is 16.7. The maximum atomic E-state index is 12.7. The molecule has 1 aliphatic heterocycles. The molecule has 0 spiro atoms. The molecule has 2 N–H and O–H groups in total. The first kappa shape index (κ1) is 20.1. The van der Waals surface area contributed by atoms with Crippen molar-refractivity contribution in [2.45, 2.75) is 39.2 Å². The van der Waals surface area contributed by atoms with Gasteiger partial charge in [-0.2, -0.15) is 0 Å². The van der Waals surface area contributed by atoms with Crippen molar-refractivity contribution in [3.05, 3.63) is 60.2 Å². The molecule has 1 fully saturated rings. The van der Waals surface area contributed by atoms with Crippen LogP contribution in [0.3, 0.4) is 0 Å². The van der Waals surface area contributed by atoms with Crippen LogP contribution in [0, 0.1) is 5.92 Å². The molecule has 0 bridgehead atoms. The van der Waals surface area contributed by atoms with E-state index in [1.54, 1.807) is 4.90 Å². The van der Waals surface area contributed by atoms with Crippen molar-refractivity contribution in [3.8, 4) is 0 Å². The minimum atomic E-state index is 0.0569. The Labute approximate surface area is 167 Å². The van der Waals surface area contributed by atoms with E-state index in [2.05, 4.69) is 17.6 Å². The molecular weight excluding hydrogens is 350 g/mol. The Bertz CT molecular complexity index is 789. The fourth-order valence-electron chi connectivity index (χ4n) is 3.70. The molecule has 0 saturated carbocycles. The average Bonchev–Trinajstić information content (AvgIpc) is 2.71. The van der Waals surface area contributed by atoms with E-state index in [0.29, 0.717) is 19.0 Å². The summed E-state index contributed by atoms with van der Waals surface area (Å²) in [6, 6.07) is 17.7. The molecule has 5 heteroatoms. The Balaban J connectivity index is 1.58. The van der Waals surface area contributed by atoms with Gasteiger partial charge in [-0.25, -0.2) is 0 Å². The molecule has 28 heavy (non-hydrogen) atoms. The van der Waals surface area contributed by atoms with Gasteiger partial charge in [0.05, 0.1) is 6.42 Å². The smallest absolute Gasteiger partial charge is 0.231 e. The predicted molar refractivity (Wildman–Crippen MR) is 113 cm³/mol. The number of likely N-dealkylation sites (N-methyl/N-ethyl adjacent to an activating group) is 1. The first-order chi connectivity index (χ1) is 13.6. The fraction of sp³-hybridized carbons (Fsp3) is 0.391. The van der Waals surface area contributed by atoms with E-state index in [1.807, 2.05) is 61.5 Å². The van der Waals surface area contributed by atoms with Crippen LogP contribution in [0.4, 0.5) is 11.4 Å². The zero-order chi connectivity index (χ0) is 19.9. The fourth-order valence-corrected chi connectivity index (χ4v) is 3.70. The van der Waals surface area contributed by atoms with Crippen LogP contribution in [0.5, 0.6) is 0 Å². The van der Waals surface area contributed by atoms with E-state index < -0.39 is 0 Å². The van der Waals surface area contributed by atoms with Crippen LogP contribution >= 0.6 is 0 Å². The van der Waals surface area contributed by atoms with E-state index >= 15 is 0 Å². The average molecular weight is 380 g/mol. The quantitative estimate of drug-likeness (QED) is 0.806. The third-order valence-corrected chi connectivity index (χ3v) is 5.26. The lowest BCUT2D eigenvalue weighted by Crippen LogP contribution is -2.40. The molecule has 1 saturated heterocycles. The summed E-state index contributed by atoms with van der Waals surface area (Å²) in [5.41, 5.74) is 2.63. The molecule has 5 nitrogen and oxygen atoms in total. The Morgan fingerprint density at radius 3 is 2.46 bits per heavy atom. The SMILES string of the molecule is CCN(C(=O)Cc1ccc(NC(=O)[C@H]2CCN[C@@H](C)C2)cc1)c1ccccc1. The number of hydrogen-bond donors (Lipinski definition) is 2. The van der Waals surface area contributed by atoms with Gasteiger partial charge in [-0.15, -0.1) is 0 Å². The van der Waals surface area contributed by atoms with Gasteiger partial charge in [0.2, 0.25) is 11.8 Å². The molecular formula is C23H29N3O2. The number of rotatable bonds is 6. The number of piperidine rings is 1. The first-order valence-corrected chi connectivity index (χ1v) is 10.1. The van der Waals surface area contributed by atoms with Gasteiger partial charge in [-0.05, 0) is 63.1 Å². The number of para-hydroxylation sites is 1. The van der Waals surface area contributed by atoms with Gasteiger partial charge in [0.15, 0.2) is 0 Å². The van der Waals surface area contributed by atoms with E-state index in [9.17, 15) is 9.59 Å². The van der Waals surface area contributed by atoms with Crippen LogP contribution < -0.4 is 15.5 Å². The van der Waals surface area contributed by atoms with Crippen molar-refractivity contribution >= 4 is 23.2 Å². The third-order valence-electron chi connectivity index (χ3n) is 5.26. The van der Waals surface area contributed by atoms with E-state index in [0.717, 1.165) is 36.3 Å².